The Balaban J connectivity index is 1.80. The van der Waals surface area contributed by atoms with E-state index in [9.17, 15) is 4.79 Å². The second kappa shape index (κ2) is 7.93. The number of hydrogen-bond acceptors (Lipinski definition) is 2. The van der Waals surface area contributed by atoms with Crippen LogP contribution in [-0.4, -0.2) is 28.6 Å². The first-order chi connectivity index (χ1) is 12.9. The number of pyridine rings is 1. The van der Waals surface area contributed by atoms with E-state index in [-0.39, 0.29) is 11.6 Å². The van der Waals surface area contributed by atoms with Gasteiger partial charge in [0.15, 0.2) is 0 Å². The Labute approximate surface area is 179 Å². The molecule has 4 rings (SSSR count). The SMILES string of the molecule is Cc1cc(Br)c2c(c1)CCc1cc(Br)cnc1C2C1CCN(C(=O)P)CC1. The van der Waals surface area contributed by atoms with Crippen molar-refractivity contribution in [3.05, 3.63) is 61.3 Å². The summed E-state index contributed by atoms with van der Waals surface area (Å²) in [7, 11) is 2.31. The Kier molecular flexibility index (Phi) is 5.74. The van der Waals surface area contributed by atoms with Gasteiger partial charge >= 0.3 is 0 Å². The van der Waals surface area contributed by atoms with E-state index < -0.39 is 0 Å². The molecule has 1 aromatic carbocycles. The van der Waals surface area contributed by atoms with Gasteiger partial charge in [-0.25, -0.2) is 0 Å². The second-order valence-electron chi connectivity index (χ2n) is 7.66. The highest BCUT2D eigenvalue weighted by Crippen LogP contribution is 2.45. The van der Waals surface area contributed by atoms with Crippen molar-refractivity contribution in [2.45, 2.75) is 38.5 Å². The van der Waals surface area contributed by atoms with Crippen LogP contribution in [0.2, 0.25) is 0 Å². The Morgan fingerprint density at radius 1 is 1.15 bits per heavy atom. The third-order valence-electron chi connectivity index (χ3n) is 5.92. The number of aryl methyl sites for hydroxylation is 3. The molecule has 6 heteroatoms. The van der Waals surface area contributed by atoms with Gasteiger partial charge < -0.3 is 4.90 Å². The summed E-state index contributed by atoms with van der Waals surface area (Å²) in [6.07, 6.45) is 6.02. The molecule has 2 aliphatic rings. The summed E-state index contributed by atoms with van der Waals surface area (Å²) in [5.74, 6) is 0.774. The fraction of sp³-hybridized carbons (Fsp3) is 0.429. The van der Waals surface area contributed by atoms with E-state index in [0.29, 0.717) is 5.92 Å². The van der Waals surface area contributed by atoms with Gasteiger partial charge in [-0.15, -0.1) is 0 Å². The minimum Gasteiger partial charge on any atom is -0.340 e. The average molecular weight is 510 g/mol. The molecule has 3 nitrogen and oxygen atoms in total. The van der Waals surface area contributed by atoms with Crippen LogP contribution in [-0.2, 0) is 12.8 Å². The molecule has 1 amide bonds. The lowest BCUT2D eigenvalue weighted by Gasteiger charge is -2.36. The first-order valence-corrected chi connectivity index (χ1v) is 11.6. The maximum absolute atomic E-state index is 11.7. The van der Waals surface area contributed by atoms with Crippen LogP contribution in [0.1, 0.15) is 46.7 Å². The molecular formula is C21H23Br2N2OP. The molecule has 1 aromatic heterocycles. The van der Waals surface area contributed by atoms with Gasteiger partial charge in [0.1, 0.15) is 0 Å². The van der Waals surface area contributed by atoms with Gasteiger partial charge in [-0.2, -0.15) is 0 Å². The molecule has 27 heavy (non-hydrogen) atoms. The van der Waals surface area contributed by atoms with Crippen LogP contribution >= 0.6 is 41.1 Å². The van der Waals surface area contributed by atoms with Gasteiger partial charge in [-0.3, -0.25) is 9.78 Å². The molecule has 142 valence electrons. The normalized spacial score (nSPS) is 20.0. The Morgan fingerprint density at radius 3 is 2.56 bits per heavy atom. The van der Waals surface area contributed by atoms with E-state index in [4.69, 9.17) is 4.98 Å². The second-order valence-corrected chi connectivity index (χ2v) is 9.92. The maximum Gasteiger partial charge on any atom is 0.237 e. The number of carbonyl (C=O) groups excluding carboxylic acids is 1. The molecule has 1 aliphatic carbocycles. The molecule has 0 N–H and O–H groups in total. The molecule has 2 heterocycles. The lowest BCUT2D eigenvalue weighted by molar-refractivity contribution is 0.186. The Bertz CT molecular complexity index is 894. The number of piperidine rings is 1. The zero-order valence-electron chi connectivity index (χ0n) is 15.3. The smallest absolute Gasteiger partial charge is 0.237 e. The summed E-state index contributed by atoms with van der Waals surface area (Å²) >= 11 is 7.47. The van der Waals surface area contributed by atoms with Gasteiger partial charge in [-0.1, -0.05) is 22.0 Å². The van der Waals surface area contributed by atoms with Gasteiger partial charge in [0, 0.05) is 34.1 Å². The molecule has 1 saturated heterocycles. The lowest BCUT2D eigenvalue weighted by atomic mass is 9.76. The van der Waals surface area contributed by atoms with Gasteiger partial charge in [0.25, 0.3) is 0 Å². The summed E-state index contributed by atoms with van der Waals surface area (Å²) in [5.41, 5.74) is 6.81. The topological polar surface area (TPSA) is 33.2 Å². The zero-order chi connectivity index (χ0) is 19.1. The van der Waals surface area contributed by atoms with Crippen molar-refractivity contribution in [2.75, 3.05) is 13.1 Å². The van der Waals surface area contributed by atoms with E-state index >= 15 is 0 Å². The zero-order valence-corrected chi connectivity index (χ0v) is 19.7. The summed E-state index contributed by atoms with van der Waals surface area (Å²) in [4.78, 5) is 18.6. The van der Waals surface area contributed by atoms with Crippen LogP contribution in [0, 0.1) is 12.8 Å². The van der Waals surface area contributed by atoms with Crippen molar-refractivity contribution in [2.24, 2.45) is 5.92 Å². The number of likely N-dealkylation sites (tertiary alicyclic amines) is 1. The monoisotopic (exact) mass is 508 g/mol. The average Bonchev–Trinajstić information content (AvgIpc) is 2.78. The number of halogens is 2. The largest absolute Gasteiger partial charge is 0.340 e. The van der Waals surface area contributed by atoms with Crippen LogP contribution in [0.15, 0.2) is 33.3 Å². The minimum atomic E-state index is 0.106. The molecule has 1 aliphatic heterocycles. The number of fused-ring (bicyclic) bond motifs is 2. The molecule has 0 saturated carbocycles. The number of rotatable bonds is 1. The van der Waals surface area contributed by atoms with Crippen molar-refractivity contribution in [1.82, 2.24) is 9.88 Å². The quantitative estimate of drug-likeness (QED) is 0.451. The van der Waals surface area contributed by atoms with Crippen LogP contribution in [0.5, 0.6) is 0 Å². The van der Waals surface area contributed by atoms with Crippen LogP contribution in [0.3, 0.4) is 0 Å². The molecule has 0 spiro atoms. The van der Waals surface area contributed by atoms with Crippen LogP contribution < -0.4 is 0 Å². The van der Waals surface area contributed by atoms with Crippen molar-refractivity contribution in [3.63, 3.8) is 0 Å². The molecule has 2 aromatic rings. The number of nitrogens with zero attached hydrogens (tertiary/aromatic N) is 2. The molecule has 2 unspecified atom stereocenters. The molecule has 0 bridgehead atoms. The molecular weight excluding hydrogens is 487 g/mol. The third kappa shape index (κ3) is 3.88. The lowest BCUT2D eigenvalue weighted by Crippen LogP contribution is -2.37. The summed E-state index contributed by atoms with van der Waals surface area (Å²) in [6.45, 7) is 3.82. The number of hydrogen-bond donors (Lipinski definition) is 0. The minimum absolute atomic E-state index is 0.106. The summed E-state index contributed by atoms with van der Waals surface area (Å²) < 4.78 is 2.24. The highest BCUT2D eigenvalue weighted by atomic mass is 79.9. The summed E-state index contributed by atoms with van der Waals surface area (Å²) in [5, 5.41) is 0. The molecule has 1 fully saturated rings. The number of amides is 1. The van der Waals surface area contributed by atoms with Crippen molar-refractivity contribution in [3.8, 4) is 0 Å². The molecule has 2 atom stereocenters. The van der Waals surface area contributed by atoms with Crippen molar-refractivity contribution in [1.29, 1.82) is 0 Å². The standard InChI is InChI=1S/C21H23Br2N2OP/c1-12-8-14-2-3-15-10-16(22)11-24-20(15)19(18(14)17(23)9-12)13-4-6-25(7-5-13)21(26)27/h8-11,13,19H,2-7,27H2,1H3. The number of aromatic nitrogens is 1. The van der Waals surface area contributed by atoms with E-state index in [1.54, 1.807) is 0 Å². The summed E-state index contributed by atoms with van der Waals surface area (Å²) in [6, 6.07) is 6.82. The van der Waals surface area contributed by atoms with Crippen molar-refractivity contribution < 1.29 is 4.79 Å². The Morgan fingerprint density at radius 2 is 1.85 bits per heavy atom. The predicted molar refractivity (Wildman–Crippen MR) is 119 cm³/mol. The first-order valence-electron chi connectivity index (χ1n) is 9.41. The highest BCUT2D eigenvalue weighted by Gasteiger charge is 2.35. The van der Waals surface area contributed by atoms with Gasteiger partial charge in [-0.05, 0) is 98.1 Å². The van der Waals surface area contributed by atoms with Crippen molar-refractivity contribution >= 4 is 46.7 Å². The molecule has 0 radical (unpaired) electrons. The fourth-order valence-corrected chi connectivity index (χ4v) is 6.17. The van der Waals surface area contributed by atoms with E-state index in [2.05, 4.69) is 66.2 Å². The van der Waals surface area contributed by atoms with Gasteiger partial charge in [0.05, 0.1) is 5.69 Å². The number of carbonyl (C=O) groups is 1. The van der Waals surface area contributed by atoms with E-state index in [1.807, 2.05) is 11.1 Å². The van der Waals surface area contributed by atoms with E-state index in [1.165, 1.54) is 32.4 Å². The van der Waals surface area contributed by atoms with Crippen LogP contribution in [0.4, 0.5) is 4.79 Å². The van der Waals surface area contributed by atoms with Crippen LogP contribution in [0.25, 0.3) is 0 Å². The first kappa shape index (κ1) is 19.5. The Hall–Kier alpha value is -0.770. The fourth-order valence-electron chi connectivity index (χ4n) is 4.67. The maximum atomic E-state index is 11.7. The van der Waals surface area contributed by atoms with Gasteiger partial charge in [0.2, 0.25) is 5.65 Å². The van der Waals surface area contributed by atoms with E-state index in [0.717, 1.165) is 43.2 Å². The predicted octanol–water partition coefficient (Wildman–Crippen LogP) is 5.85. The highest BCUT2D eigenvalue weighted by molar-refractivity contribution is 9.10. The number of benzene rings is 1. The third-order valence-corrected chi connectivity index (χ3v) is 7.37.